The number of carboxylic acids is 1. The smallest absolute Gasteiger partial charge is 0.330 e. The third kappa shape index (κ3) is 3.88. The fourth-order valence-electron chi connectivity index (χ4n) is 3.81. The first-order valence-electron chi connectivity index (χ1n) is 9.90. The first-order chi connectivity index (χ1) is 13.0. The minimum absolute atomic E-state index is 0.213. The van der Waals surface area contributed by atoms with E-state index in [1.165, 1.54) is 0 Å². The lowest BCUT2D eigenvalue weighted by atomic mass is 9.54. The molecule has 0 spiro atoms. The third-order valence-corrected chi connectivity index (χ3v) is 5.93. The minimum atomic E-state index is -1.37. The van der Waals surface area contributed by atoms with Gasteiger partial charge in [-0.3, -0.25) is 4.79 Å². The van der Waals surface area contributed by atoms with E-state index in [1.807, 2.05) is 45.9 Å². The Hall–Kier alpha value is -2.08. The predicted molar refractivity (Wildman–Crippen MR) is 108 cm³/mol. The molecule has 0 heterocycles. The zero-order valence-corrected chi connectivity index (χ0v) is 18.0. The van der Waals surface area contributed by atoms with E-state index in [4.69, 9.17) is 9.47 Å². The van der Waals surface area contributed by atoms with Gasteiger partial charge in [0.1, 0.15) is 11.3 Å². The van der Waals surface area contributed by atoms with Crippen LogP contribution in [0.1, 0.15) is 65.0 Å². The summed E-state index contributed by atoms with van der Waals surface area (Å²) in [6.07, 6.45) is -0.796. The molecule has 1 fully saturated rings. The number of carboxylic acid groups (broad SMARTS) is 1. The van der Waals surface area contributed by atoms with Gasteiger partial charge in [-0.15, -0.1) is 0 Å². The molecule has 6 heteroatoms. The van der Waals surface area contributed by atoms with Gasteiger partial charge in [0.25, 0.3) is 5.91 Å². The van der Waals surface area contributed by atoms with E-state index in [0.29, 0.717) is 12.4 Å². The number of benzene rings is 1. The lowest BCUT2D eigenvalue weighted by molar-refractivity contribution is -0.195. The first-order valence-corrected chi connectivity index (χ1v) is 9.90. The third-order valence-electron chi connectivity index (χ3n) is 5.93. The van der Waals surface area contributed by atoms with Crippen LogP contribution in [0.25, 0.3) is 0 Å². The molecule has 2 N–H and O–H groups in total. The van der Waals surface area contributed by atoms with Gasteiger partial charge in [-0.1, -0.05) is 39.8 Å². The highest BCUT2D eigenvalue weighted by Gasteiger charge is 2.66. The van der Waals surface area contributed by atoms with Crippen molar-refractivity contribution in [2.75, 3.05) is 6.61 Å². The monoisotopic (exact) mass is 391 g/mol. The number of hydrogen-bond acceptors (Lipinski definition) is 4. The summed E-state index contributed by atoms with van der Waals surface area (Å²) in [7, 11) is 0. The molecule has 156 valence electrons. The van der Waals surface area contributed by atoms with Crippen molar-refractivity contribution in [2.24, 2.45) is 5.41 Å². The van der Waals surface area contributed by atoms with Crippen LogP contribution in [0.2, 0.25) is 0 Å². The second-order valence-corrected chi connectivity index (χ2v) is 8.53. The van der Waals surface area contributed by atoms with Gasteiger partial charge in [-0.25, -0.2) is 4.79 Å². The summed E-state index contributed by atoms with van der Waals surface area (Å²) in [6.45, 7) is 13.7. The molecule has 28 heavy (non-hydrogen) atoms. The molecule has 1 aliphatic rings. The van der Waals surface area contributed by atoms with Crippen molar-refractivity contribution in [1.29, 1.82) is 0 Å². The second-order valence-electron chi connectivity index (χ2n) is 8.53. The molecule has 0 saturated heterocycles. The largest absolute Gasteiger partial charge is 0.481 e. The zero-order chi connectivity index (χ0) is 21.3. The van der Waals surface area contributed by atoms with Gasteiger partial charge >= 0.3 is 5.97 Å². The van der Waals surface area contributed by atoms with Crippen LogP contribution < -0.4 is 10.1 Å². The standard InChI is InChI=1S/C22H33NO5/c1-8-27-18-12-22(20(25)26,21(18,6)7)23-19(24)15(5)28-17-11-14(4)9-10-16(17)13(2)3/h9-11,13,15,18H,8,12H2,1-7H3,(H,23,24)(H,25,26). The van der Waals surface area contributed by atoms with Crippen molar-refractivity contribution >= 4 is 11.9 Å². The van der Waals surface area contributed by atoms with Crippen LogP contribution in [0.15, 0.2) is 18.2 Å². The Kier molecular flexibility index (Phi) is 6.44. The van der Waals surface area contributed by atoms with Crippen molar-refractivity contribution in [3.05, 3.63) is 29.3 Å². The lowest BCUT2D eigenvalue weighted by Gasteiger charge is -2.58. The number of carbonyl (C=O) groups excluding carboxylic acids is 1. The van der Waals surface area contributed by atoms with E-state index >= 15 is 0 Å². The summed E-state index contributed by atoms with van der Waals surface area (Å²) >= 11 is 0. The number of ether oxygens (including phenoxy) is 2. The van der Waals surface area contributed by atoms with Crippen molar-refractivity contribution in [2.45, 2.75) is 78.6 Å². The van der Waals surface area contributed by atoms with Crippen LogP contribution >= 0.6 is 0 Å². The molecule has 3 atom stereocenters. The van der Waals surface area contributed by atoms with Crippen LogP contribution in [0, 0.1) is 12.3 Å². The summed E-state index contributed by atoms with van der Waals surface area (Å²) in [6, 6.07) is 5.92. The summed E-state index contributed by atoms with van der Waals surface area (Å²) in [5, 5.41) is 12.6. The molecule has 1 saturated carbocycles. The number of nitrogens with one attached hydrogen (secondary N) is 1. The van der Waals surface area contributed by atoms with Gasteiger partial charge in [0.15, 0.2) is 6.10 Å². The van der Waals surface area contributed by atoms with Crippen molar-refractivity contribution < 1.29 is 24.2 Å². The zero-order valence-electron chi connectivity index (χ0n) is 18.0. The molecule has 3 unspecified atom stereocenters. The fraction of sp³-hybridized carbons (Fsp3) is 0.636. The van der Waals surface area contributed by atoms with E-state index in [0.717, 1.165) is 11.1 Å². The van der Waals surface area contributed by atoms with E-state index < -0.39 is 28.9 Å². The minimum Gasteiger partial charge on any atom is -0.481 e. The van der Waals surface area contributed by atoms with Crippen LogP contribution in [-0.2, 0) is 14.3 Å². The molecule has 1 aromatic rings. The van der Waals surface area contributed by atoms with Crippen LogP contribution in [0.4, 0.5) is 0 Å². The van der Waals surface area contributed by atoms with Crippen molar-refractivity contribution in [1.82, 2.24) is 5.32 Å². The Labute approximate surface area is 167 Å². The number of aliphatic carboxylic acids is 1. The molecule has 0 radical (unpaired) electrons. The number of hydrogen-bond donors (Lipinski definition) is 2. The number of carbonyl (C=O) groups is 2. The van der Waals surface area contributed by atoms with E-state index in [9.17, 15) is 14.7 Å². The Morgan fingerprint density at radius 2 is 1.93 bits per heavy atom. The van der Waals surface area contributed by atoms with Crippen LogP contribution in [0.3, 0.4) is 0 Å². The molecule has 1 amide bonds. The topological polar surface area (TPSA) is 84.9 Å². The quantitative estimate of drug-likeness (QED) is 0.706. The summed E-state index contributed by atoms with van der Waals surface area (Å²) in [4.78, 5) is 24.9. The van der Waals surface area contributed by atoms with E-state index in [1.54, 1.807) is 6.92 Å². The molecular formula is C22H33NO5. The van der Waals surface area contributed by atoms with Gasteiger partial charge < -0.3 is 19.9 Å². The van der Waals surface area contributed by atoms with Crippen LogP contribution in [0.5, 0.6) is 5.75 Å². The highest BCUT2D eigenvalue weighted by Crippen LogP contribution is 2.51. The molecule has 2 rings (SSSR count). The van der Waals surface area contributed by atoms with Crippen molar-refractivity contribution in [3.63, 3.8) is 0 Å². The van der Waals surface area contributed by atoms with Gasteiger partial charge in [0, 0.05) is 18.4 Å². The molecule has 1 aliphatic carbocycles. The van der Waals surface area contributed by atoms with E-state index in [-0.39, 0.29) is 18.4 Å². The molecular weight excluding hydrogens is 358 g/mol. The average molecular weight is 392 g/mol. The average Bonchev–Trinajstić information content (AvgIpc) is 2.59. The highest BCUT2D eigenvalue weighted by molar-refractivity contribution is 5.91. The van der Waals surface area contributed by atoms with E-state index in [2.05, 4.69) is 19.2 Å². The fourth-order valence-corrected chi connectivity index (χ4v) is 3.81. The lowest BCUT2D eigenvalue weighted by Crippen LogP contribution is -2.76. The Morgan fingerprint density at radius 3 is 2.43 bits per heavy atom. The molecule has 0 aromatic heterocycles. The van der Waals surface area contributed by atoms with Gasteiger partial charge in [0.05, 0.1) is 6.10 Å². The predicted octanol–water partition coefficient (Wildman–Crippen LogP) is 3.66. The second kappa shape index (κ2) is 8.11. The summed E-state index contributed by atoms with van der Waals surface area (Å²) < 4.78 is 11.6. The highest BCUT2D eigenvalue weighted by atomic mass is 16.5. The number of aryl methyl sites for hydroxylation is 1. The maximum absolute atomic E-state index is 12.8. The first kappa shape index (κ1) is 22.2. The normalized spacial score (nSPS) is 24.4. The van der Waals surface area contributed by atoms with Gasteiger partial charge in [0.2, 0.25) is 0 Å². The molecule has 0 bridgehead atoms. The maximum Gasteiger partial charge on any atom is 0.330 e. The Balaban J connectivity index is 2.18. The van der Waals surface area contributed by atoms with Gasteiger partial charge in [-0.2, -0.15) is 0 Å². The molecule has 1 aromatic carbocycles. The number of amides is 1. The SMILES string of the molecule is CCOC1CC(NC(=O)C(C)Oc2cc(C)ccc2C(C)C)(C(=O)O)C1(C)C. The Bertz CT molecular complexity index is 742. The summed E-state index contributed by atoms with van der Waals surface area (Å²) in [5.74, 6) is -0.593. The molecule has 6 nitrogen and oxygen atoms in total. The Morgan fingerprint density at radius 1 is 1.29 bits per heavy atom. The van der Waals surface area contributed by atoms with Crippen LogP contribution in [-0.4, -0.2) is 41.3 Å². The van der Waals surface area contributed by atoms with Crippen molar-refractivity contribution in [3.8, 4) is 5.75 Å². The summed E-state index contributed by atoms with van der Waals surface area (Å²) in [5.41, 5.74) is -0.0432. The number of rotatable bonds is 8. The molecule has 0 aliphatic heterocycles. The maximum atomic E-state index is 12.8. The van der Waals surface area contributed by atoms with Gasteiger partial charge in [-0.05, 0) is 43.9 Å².